The smallest absolute Gasteiger partial charge is 0.229 e. The fourth-order valence-corrected chi connectivity index (χ4v) is 3.67. The van der Waals surface area contributed by atoms with Gasteiger partial charge in [0, 0.05) is 50.5 Å². The minimum Gasteiger partial charge on any atom is -0.375 e. The molecule has 0 saturated heterocycles. The van der Waals surface area contributed by atoms with E-state index in [1.165, 1.54) is 16.8 Å². The van der Waals surface area contributed by atoms with Crippen LogP contribution in [0.2, 0.25) is 0 Å². The number of thiol groups is 2. The molecule has 6 heteroatoms. The van der Waals surface area contributed by atoms with Gasteiger partial charge in [0.1, 0.15) is 14.1 Å². The number of anilines is 1. The van der Waals surface area contributed by atoms with Crippen LogP contribution in [0, 0.1) is 5.41 Å². The van der Waals surface area contributed by atoms with Crippen molar-refractivity contribution in [3.05, 3.63) is 47.6 Å². The SMILES string of the molecule is CCC(C=Cc1ccc(N(C)CCCN(C)C(=O)C(C)(CS)CS)cc1)=CC=[N+](C)C. The summed E-state index contributed by atoms with van der Waals surface area (Å²) in [5, 5.41) is 0. The number of amides is 1. The lowest BCUT2D eigenvalue weighted by molar-refractivity contribution is -0.458. The highest BCUT2D eigenvalue weighted by molar-refractivity contribution is 7.81. The fraction of sp³-hybridized carbons (Fsp3) is 0.520. The van der Waals surface area contributed by atoms with Crippen LogP contribution in [-0.4, -0.2) is 74.4 Å². The summed E-state index contributed by atoms with van der Waals surface area (Å²) in [5.41, 5.74) is 3.15. The lowest BCUT2D eigenvalue weighted by Crippen LogP contribution is -2.43. The van der Waals surface area contributed by atoms with Gasteiger partial charge in [0.15, 0.2) is 6.21 Å². The first-order valence-electron chi connectivity index (χ1n) is 10.8. The number of carbonyl (C=O) groups excluding carboxylic acids is 1. The topological polar surface area (TPSA) is 26.6 Å². The minimum absolute atomic E-state index is 0.111. The van der Waals surface area contributed by atoms with E-state index in [1.807, 2.05) is 32.6 Å². The molecule has 4 nitrogen and oxygen atoms in total. The highest BCUT2D eigenvalue weighted by Gasteiger charge is 2.32. The number of carbonyl (C=O) groups is 1. The molecule has 0 fully saturated rings. The lowest BCUT2D eigenvalue weighted by atomic mass is 9.94. The van der Waals surface area contributed by atoms with Crippen LogP contribution in [0.1, 0.15) is 32.3 Å². The Hall–Kier alpha value is -1.66. The molecule has 1 aromatic rings. The van der Waals surface area contributed by atoms with Crippen molar-refractivity contribution >= 4 is 49.1 Å². The Labute approximate surface area is 200 Å². The summed E-state index contributed by atoms with van der Waals surface area (Å²) in [6.45, 7) is 5.69. The molecule has 172 valence electrons. The molecule has 0 aliphatic heterocycles. The standard InChI is InChI=1S/C25H39N3OS2/c1-7-21(15-18-26(3)4)9-10-22-11-13-23(14-12-22)27(5)16-8-17-28(6)24(29)25(2,19-30)20-31/h9-15,18H,7-8,16-17,19-20H2,1-6H3,(H-,30,31)/p+1. The lowest BCUT2D eigenvalue weighted by Gasteiger charge is -2.30. The Balaban J connectivity index is 2.61. The van der Waals surface area contributed by atoms with E-state index in [2.05, 4.69) is 92.8 Å². The molecule has 0 spiro atoms. The summed E-state index contributed by atoms with van der Waals surface area (Å²) >= 11 is 8.66. The first kappa shape index (κ1) is 27.4. The monoisotopic (exact) mass is 462 g/mol. The number of benzene rings is 1. The Morgan fingerprint density at radius 3 is 2.23 bits per heavy atom. The Kier molecular flexibility index (Phi) is 12.1. The summed E-state index contributed by atoms with van der Waals surface area (Å²) in [6, 6.07) is 8.58. The van der Waals surface area contributed by atoms with Crippen LogP contribution in [0.3, 0.4) is 0 Å². The van der Waals surface area contributed by atoms with Crippen LogP contribution in [0.25, 0.3) is 6.08 Å². The van der Waals surface area contributed by atoms with Gasteiger partial charge in [-0.2, -0.15) is 25.3 Å². The van der Waals surface area contributed by atoms with Crippen molar-refractivity contribution < 1.29 is 9.37 Å². The quantitative estimate of drug-likeness (QED) is 0.207. The highest BCUT2D eigenvalue weighted by Crippen LogP contribution is 2.23. The average Bonchev–Trinajstić information content (AvgIpc) is 2.78. The molecular weight excluding hydrogens is 422 g/mol. The molecule has 0 saturated carbocycles. The number of hydrogen-bond acceptors (Lipinski definition) is 4. The van der Waals surface area contributed by atoms with Crippen molar-refractivity contribution in [3.8, 4) is 0 Å². The van der Waals surface area contributed by atoms with Gasteiger partial charge in [0.05, 0.1) is 5.41 Å². The average molecular weight is 463 g/mol. The summed E-state index contributed by atoms with van der Waals surface area (Å²) in [6.07, 6.45) is 10.5. The molecule has 0 N–H and O–H groups in total. The first-order valence-corrected chi connectivity index (χ1v) is 12.1. The summed E-state index contributed by atoms with van der Waals surface area (Å²) in [5.74, 6) is 1.12. The molecule has 0 heterocycles. The van der Waals surface area contributed by atoms with E-state index < -0.39 is 5.41 Å². The van der Waals surface area contributed by atoms with Crippen molar-refractivity contribution in [2.75, 3.05) is 57.7 Å². The zero-order chi connectivity index (χ0) is 23.4. The van der Waals surface area contributed by atoms with Crippen LogP contribution in [0.15, 0.2) is 42.0 Å². The molecule has 0 radical (unpaired) electrons. The minimum atomic E-state index is -0.506. The normalized spacial score (nSPS) is 12.2. The molecule has 0 bridgehead atoms. The summed E-state index contributed by atoms with van der Waals surface area (Å²) < 4.78 is 2.04. The molecule has 0 aliphatic carbocycles. The predicted molar refractivity (Wildman–Crippen MR) is 143 cm³/mol. The van der Waals surface area contributed by atoms with Gasteiger partial charge < -0.3 is 9.80 Å². The second-order valence-corrected chi connectivity index (χ2v) is 9.14. The van der Waals surface area contributed by atoms with Gasteiger partial charge in [0.2, 0.25) is 5.91 Å². The largest absolute Gasteiger partial charge is 0.375 e. The number of nitrogens with zero attached hydrogens (tertiary/aromatic N) is 3. The van der Waals surface area contributed by atoms with Crippen molar-refractivity contribution in [1.82, 2.24) is 4.90 Å². The molecule has 0 aromatic heterocycles. The molecular formula is C25H40N3OS2+. The maximum absolute atomic E-state index is 12.6. The van der Waals surface area contributed by atoms with Gasteiger partial charge >= 0.3 is 0 Å². The van der Waals surface area contributed by atoms with Crippen LogP contribution >= 0.6 is 25.3 Å². The van der Waals surface area contributed by atoms with E-state index in [4.69, 9.17) is 0 Å². The first-order chi connectivity index (χ1) is 14.7. The van der Waals surface area contributed by atoms with E-state index in [1.54, 1.807) is 4.90 Å². The fourth-order valence-electron chi connectivity index (χ4n) is 3.00. The van der Waals surface area contributed by atoms with Crippen LogP contribution in [0.5, 0.6) is 0 Å². The van der Waals surface area contributed by atoms with E-state index in [0.29, 0.717) is 11.5 Å². The Morgan fingerprint density at radius 2 is 1.71 bits per heavy atom. The van der Waals surface area contributed by atoms with Gasteiger partial charge in [-0.1, -0.05) is 31.2 Å². The molecule has 1 aromatic carbocycles. The molecule has 0 atom stereocenters. The maximum Gasteiger partial charge on any atom is 0.229 e. The number of rotatable bonds is 12. The van der Waals surface area contributed by atoms with Gasteiger partial charge in [0.25, 0.3) is 0 Å². The van der Waals surface area contributed by atoms with E-state index in [0.717, 1.165) is 25.9 Å². The third kappa shape index (κ3) is 9.16. The molecule has 0 aliphatic rings. The van der Waals surface area contributed by atoms with Crippen molar-refractivity contribution in [3.63, 3.8) is 0 Å². The van der Waals surface area contributed by atoms with Crippen LogP contribution in [0.4, 0.5) is 5.69 Å². The predicted octanol–water partition coefficient (Wildman–Crippen LogP) is 4.53. The number of hydrogen-bond donors (Lipinski definition) is 2. The van der Waals surface area contributed by atoms with E-state index in [9.17, 15) is 4.79 Å². The number of allylic oxidation sites excluding steroid dienone is 3. The van der Waals surface area contributed by atoms with Crippen molar-refractivity contribution in [2.24, 2.45) is 5.41 Å². The molecule has 31 heavy (non-hydrogen) atoms. The summed E-state index contributed by atoms with van der Waals surface area (Å²) in [7, 11) is 8.01. The Bertz CT molecular complexity index is 776. The van der Waals surface area contributed by atoms with Gasteiger partial charge in [-0.15, -0.1) is 0 Å². The molecule has 1 amide bonds. The second kappa shape index (κ2) is 13.7. The van der Waals surface area contributed by atoms with Gasteiger partial charge in [-0.05, 0) is 43.0 Å². The third-order valence-electron chi connectivity index (χ3n) is 5.37. The highest BCUT2D eigenvalue weighted by atomic mass is 32.1. The second-order valence-electron chi connectivity index (χ2n) is 8.51. The van der Waals surface area contributed by atoms with Gasteiger partial charge in [-0.3, -0.25) is 4.79 Å². The van der Waals surface area contributed by atoms with Crippen molar-refractivity contribution in [2.45, 2.75) is 26.7 Å². The van der Waals surface area contributed by atoms with Crippen LogP contribution in [-0.2, 0) is 4.79 Å². The zero-order valence-corrected chi connectivity index (χ0v) is 21.8. The Morgan fingerprint density at radius 1 is 1.10 bits per heavy atom. The van der Waals surface area contributed by atoms with E-state index >= 15 is 0 Å². The summed E-state index contributed by atoms with van der Waals surface area (Å²) in [4.78, 5) is 16.6. The van der Waals surface area contributed by atoms with Gasteiger partial charge in [-0.25, -0.2) is 4.58 Å². The zero-order valence-electron chi connectivity index (χ0n) is 20.0. The maximum atomic E-state index is 12.6. The molecule has 0 unspecified atom stereocenters. The third-order valence-corrected chi connectivity index (χ3v) is 6.76. The van der Waals surface area contributed by atoms with E-state index in [-0.39, 0.29) is 5.91 Å². The molecule has 1 rings (SSSR count). The van der Waals surface area contributed by atoms with Crippen LogP contribution < -0.4 is 4.90 Å². The van der Waals surface area contributed by atoms with Crippen molar-refractivity contribution in [1.29, 1.82) is 0 Å².